The summed E-state index contributed by atoms with van der Waals surface area (Å²) in [5.41, 5.74) is 0.876. The lowest BCUT2D eigenvalue weighted by atomic mass is 9.95. The van der Waals surface area contributed by atoms with Crippen LogP contribution in [-0.4, -0.2) is 6.36 Å². The molecule has 17 heavy (non-hydrogen) atoms. The maximum atomic E-state index is 12.2. The first-order chi connectivity index (χ1) is 7.89. The van der Waals surface area contributed by atoms with Crippen molar-refractivity contribution in [2.45, 2.75) is 12.3 Å². The fourth-order valence-corrected chi connectivity index (χ4v) is 1.44. The van der Waals surface area contributed by atoms with Gasteiger partial charge in [0.15, 0.2) is 0 Å². The second kappa shape index (κ2) is 5.08. The second-order valence-electron chi connectivity index (χ2n) is 3.35. The van der Waals surface area contributed by atoms with Crippen LogP contribution in [0.25, 0.3) is 6.08 Å². The summed E-state index contributed by atoms with van der Waals surface area (Å²) in [7, 11) is 0. The minimum Gasteiger partial charge on any atom is -0.405 e. The van der Waals surface area contributed by atoms with Gasteiger partial charge < -0.3 is 4.74 Å². The van der Waals surface area contributed by atoms with Crippen molar-refractivity contribution in [1.82, 2.24) is 0 Å². The summed E-state index contributed by atoms with van der Waals surface area (Å²) in [4.78, 5) is 0. The molecular formula is C13H12F3O. The van der Waals surface area contributed by atoms with E-state index in [0.29, 0.717) is 5.56 Å². The number of ether oxygens (including phenoxy) is 1. The smallest absolute Gasteiger partial charge is 0.405 e. The van der Waals surface area contributed by atoms with E-state index in [2.05, 4.69) is 24.8 Å². The Balaban J connectivity index is 3.23. The van der Waals surface area contributed by atoms with E-state index in [1.165, 1.54) is 18.2 Å². The molecule has 4 heteroatoms. The first kappa shape index (κ1) is 13.4. The topological polar surface area (TPSA) is 9.23 Å². The third-order valence-corrected chi connectivity index (χ3v) is 2.21. The Labute approximate surface area is 98.2 Å². The number of hydrogen-bond donors (Lipinski definition) is 0. The van der Waals surface area contributed by atoms with Crippen LogP contribution >= 0.6 is 0 Å². The maximum absolute atomic E-state index is 12.2. The third-order valence-electron chi connectivity index (χ3n) is 2.21. The molecule has 0 bridgehead atoms. The molecule has 0 spiro atoms. The maximum Gasteiger partial charge on any atom is 0.573 e. The zero-order valence-corrected chi connectivity index (χ0v) is 9.13. The Morgan fingerprint density at radius 3 is 2.35 bits per heavy atom. The van der Waals surface area contributed by atoms with Crippen molar-refractivity contribution in [2.24, 2.45) is 0 Å². The summed E-state index contributed by atoms with van der Waals surface area (Å²) in [6.45, 7) is 10.8. The van der Waals surface area contributed by atoms with Gasteiger partial charge in [-0.05, 0) is 18.6 Å². The molecule has 1 rings (SSSR count). The SMILES string of the molecule is [CH2]C(C=C)c1cccc(OC(F)(F)F)c1C=C. The molecule has 0 aliphatic carbocycles. The molecule has 0 N–H and O–H groups in total. The van der Waals surface area contributed by atoms with Gasteiger partial charge in [-0.25, -0.2) is 0 Å². The minimum atomic E-state index is -4.72. The quantitative estimate of drug-likeness (QED) is 0.713. The molecule has 1 unspecified atom stereocenters. The van der Waals surface area contributed by atoms with E-state index < -0.39 is 6.36 Å². The number of benzene rings is 1. The Hall–Kier alpha value is -1.71. The van der Waals surface area contributed by atoms with Gasteiger partial charge >= 0.3 is 6.36 Å². The van der Waals surface area contributed by atoms with E-state index in [-0.39, 0.29) is 17.2 Å². The number of hydrogen-bond acceptors (Lipinski definition) is 1. The Bertz CT molecular complexity index is 421. The summed E-state index contributed by atoms with van der Waals surface area (Å²) in [6, 6.07) is 4.38. The van der Waals surface area contributed by atoms with E-state index in [1.54, 1.807) is 12.1 Å². The summed E-state index contributed by atoms with van der Waals surface area (Å²) >= 11 is 0. The lowest BCUT2D eigenvalue weighted by Crippen LogP contribution is -2.18. The van der Waals surface area contributed by atoms with Crippen molar-refractivity contribution < 1.29 is 17.9 Å². The highest BCUT2D eigenvalue weighted by Gasteiger charge is 2.32. The van der Waals surface area contributed by atoms with Gasteiger partial charge in [0, 0.05) is 11.5 Å². The molecule has 91 valence electrons. The van der Waals surface area contributed by atoms with Gasteiger partial charge in [-0.2, -0.15) is 0 Å². The van der Waals surface area contributed by atoms with Gasteiger partial charge in [0.2, 0.25) is 0 Å². The highest BCUT2D eigenvalue weighted by molar-refractivity contribution is 5.61. The molecule has 0 heterocycles. The molecule has 1 atom stereocenters. The van der Waals surface area contributed by atoms with Crippen molar-refractivity contribution >= 4 is 6.08 Å². The van der Waals surface area contributed by atoms with E-state index in [9.17, 15) is 13.2 Å². The molecular weight excluding hydrogens is 229 g/mol. The average Bonchev–Trinajstić information content (AvgIpc) is 2.25. The second-order valence-corrected chi connectivity index (χ2v) is 3.35. The van der Waals surface area contributed by atoms with Gasteiger partial charge in [-0.1, -0.05) is 30.9 Å². The Kier molecular flexibility index (Phi) is 3.99. The minimum absolute atomic E-state index is 0.277. The lowest BCUT2D eigenvalue weighted by Gasteiger charge is -2.16. The fraction of sp³-hybridized carbons (Fsp3) is 0.154. The van der Waals surface area contributed by atoms with Crippen LogP contribution in [0.5, 0.6) is 5.75 Å². The van der Waals surface area contributed by atoms with Crippen LogP contribution in [0.1, 0.15) is 17.0 Å². The number of alkyl halides is 3. The molecule has 1 radical (unpaired) electrons. The Morgan fingerprint density at radius 1 is 1.24 bits per heavy atom. The molecule has 0 saturated heterocycles. The molecule has 0 fully saturated rings. The molecule has 0 aromatic heterocycles. The standard InChI is InChI=1S/C13H12F3O/c1-4-9(3)11-7-6-8-12(10(11)5-2)17-13(14,15)16/h4-9H,1-3H2. The lowest BCUT2D eigenvalue weighted by molar-refractivity contribution is -0.274. The van der Waals surface area contributed by atoms with E-state index in [0.717, 1.165) is 0 Å². The van der Waals surface area contributed by atoms with E-state index in [4.69, 9.17) is 0 Å². The monoisotopic (exact) mass is 241 g/mol. The Morgan fingerprint density at radius 2 is 1.88 bits per heavy atom. The van der Waals surface area contributed by atoms with Gasteiger partial charge in [-0.3, -0.25) is 0 Å². The molecule has 0 saturated carbocycles. The largest absolute Gasteiger partial charge is 0.573 e. The van der Waals surface area contributed by atoms with Crippen molar-refractivity contribution in [3.63, 3.8) is 0 Å². The molecule has 1 aromatic rings. The molecule has 1 nitrogen and oxygen atoms in total. The van der Waals surface area contributed by atoms with Crippen molar-refractivity contribution in [3.05, 3.63) is 55.5 Å². The number of halogens is 3. The van der Waals surface area contributed by atoms with E-state index in [1.807, 2.05) is 0 Å². The van der Waals surface area contributed by atoms with Gasteiger partial charge in [0.25, 0.3) is 0 Å². The van der Waals surface area contributed by atoms with Crippen LogP contribution in [0.3, 0.4) is 0 Å². The summed E-state index contributed by atoms with van der Waals surface area (Å²) < 4.78 is 40.5. The van der Waals surface area contributed by atoms with Gasteiger partial charge in [0.1, 0.15) is 5.75 Å². The summed E-state index contributed by atoms with van der Waals surface area (Å²) in [5.74, 6) is -0.597. The molecule has 0 aliphatic heterocycles. The van der Waals surface area contributed by atoms with Crippen molar-refractivity contribution in [1.29, 1.82) is 0 Å². The number of rotatable bonds is 4. The van der Waals surface area contributed by atoms with Crippen LogP contribution < -0.4 is 4.74 Å². The summed E-state index contributed by atoms with van der Waals surface area (Å²) in [6.07, 6.45) is -1.86. The first-order valence-electron chi connectivity index (χ1n) is 4.85. The molecule has 1 aromatic carbocycles. The van der Waals surface area contributed by atoms with E-state index >= 15 is 0 Å². The number of allylic oxidation sites excluding steroid dienone is 1. The predicted molar refractivity (Wildman–Crippen MR) is 61.5 cm³/mol. The van der Waals surface area contributed by atoms with Crippen LogP contribution in [-0.2, 0) is 0 Å². The zero-order valence-electron chi connectivity index (χ0n) is 9.13. The summed E-state index contributed by atoms with van der Waals surface area (Å²) in [5, 5.41) is 0. The van der Waals surface area contributed by atoms with Gasteiger partial charge in [-0.15, -0.1) is 19.8 Å². The highest BCUT2D eigenvalue weighted by atomic mass is 19.4. The van der Waals surface area contributed by atoms with Crippen molar-refractivity contribution in [3.8, 4) is 5.75 Å². The first-order valence-corrected chi connectivity index (χ1v) is 4.85. The third kappa shape index (κ3) is 3.37. The van der Waals surface area contributed by atoms with Gasteiger partial charge in [0.05, 0.1) is 0 Å². The fourth-order valence-electron chi connectivity index (χ4n) is 1.44. The van der Waals surface area contributed by atoms with Crippen LogP contribution in [0.15, 0.2) is 37.4 Å². The molecule has 0 amide bonds. The average molecular weight is 241 g/mol. The highest BCUT2D eigenvalue weighted by Crippen LogP contribution is 2.32. The zero-order chi connectivity index (χ0) is 13.1. The predicted octanol–water partition coefficient (Wildman–Crippen LogP) is 4.33. The normalized spacial score (nSPS) is 12.9. The van der Waals surface area contributed by atoms with Crippen LogP contribution in [0.4, 0.5) is 13.2 Å². The molecule has 0 aliphatic rings. The van der Waals surface area contributed by atoms with Crippen LogP contribution in [0, 0.1) is 6.92 Å². The van der Waals surface area contributed by atoms with Crippen molar-refractivity contribution in [2.75, 3.05) is 0 Å². The van der Waals surface area contributed by atoms with Crippen LogP contribution in [0.2, 0.25) is 0 Å².